The SMILES string of the molecule is CCCc1cc(Cn2c(CC)nc3c(C)cc(C)nc32)cc(CCC)c1OC(C(=O)O)c1ccc(OC)c(OC)c1. The zero-order chi connectivity index (χ0) is 29.7. The number of fused-ring (bicyclic) bond motifs is 1. The molecule has 1 unspecified atom stereocenters. The van der Waals surface area contributed by atoms with Crippen molar-refractivity contribution in [3.63, 3.8) is 0 Å². The van der Waals surface area contributed by atoms with E-state index in [4.69, 9.17) is 24.2 Å². The Kier molecular flexibility index (Phi) is 9.53. The number of imidazole rings is 1. The number of hydrogen-bond acceptors (Lipinski definition) is 6. The summed E-state index contributed by atoms with van der Waals surface area (Å²) in [5.74, 6) is 1.56. The first-order valence-electron chi connectivity index (χ1n) is 14.3. The summed E-state index contributed by atoms with van der Waals surface area (Å²) in [6, 6.07) is 11.5. The van der Waals surface area contributed by atoms with E-state index in [0.717, 1.165) is 77.0 Å². The Morgan fingerprint density at radius 2 is 1.59 bits per heavy atom. The summed E-state index contributed by atoms with van der Waals surface area (Å²) >= 11 is 0. The molecule has 0 aliphatic rings. The van der Waals surface area contributed by atoms with Gasteiger partial charge in [-0.05, 0) is 67.1 Å². The number of pyridine rings is 1. The van der Waals surface area contributed by atoms with E-state index in [1.165, 1.54) is 7.11 Å². The van der Waals surface area contributed by atoms with Crippen molar-refractivity contribution < 1.29 is 24.1 Å². The highest BCUT2D eigenvalue weighted by molar-refractivity contribution is 5.76. The van der Waals surface area contributed by atoms with Gasteiger partial charge in [0.2, 0.25) is 6.10 Å². The fourth-order valence-corrected chi connectivity index (χ4v) is 5.44. The number of ether oxygens (including phenoxy) is 3. The number of aryl methyl sites for hydroxylation is 5. The molecule has 0 fully saturated rings. The van der Waals surface area contributed by atoms with Crippen molar-refractivity contribution in [1.29, 1.82) is 0 Å². The highest BCUT2D eigenvalue weighted by Crippen LogP contribution is 2.36. The van der Waals surface area contributed by atoms with Gasteiger partial charge in [-0.3, -0.25) is 0 Å². The van der Waals surface area contributed by atoms with Gasteiger partial charge < -0.3 is 23.9 Å². The van der Waals surface area contributed by atoms with Gasteiger partial charge in [-0.25, -0.2) is 14.8 Å². The van der Waals surface area contributed by atoms with Gasteiger partial charge >= 0.3 is 5.97 Å². The summed E-state index contributed by atoms with van der Waals surface area (Å²) < 4.78 is 19.4. The minimum absolute atomic E-state index is 0.455. The Balaban J connectivity index is 1.80. The number of methoxy groups -OCH3 is 2. The number of carboxylic acids is 1. The van der Waals surface area contributed by atoms with Crippen molar-refractivity contribution in [2.75, 3.05) is 14.2 Å². The standard InChI is InChI=1S/C33H41N3O5/c1-8-11-23-16-22(19-36-28(10-3)35-29-20(4)15-21(5)34-32(29)36)17-24(12-9-2)30(23)41-31(33(37)38)25-13-14-26(39-6)27(18-25)40-7/h13-18,31H,8-12,19H2,1-7H3,(H,37,38). The molecule has 2 heterocycles. The smallest absolute Gasteiger partial charge is 0.349 e. The van der Waals surface area contributed by atoms with Crippen LogP contribution in [0, 0.1) is 13.8 Å². The van der Waals surface area contributed by atoms with Gasteiger partial charge in [-0.15, -0.1) is 0 Å². The van der Waals surface area contributed by atoms with Crippen molar-refractivity contribution in [2.45, 2.75) is 79.4 Å². The lowest BCUT2D eigenvalue weighted by atomic mass is 9.97. The van der Waals surface area contributed by atoms with E-state index < -0.39 is 12.1 Å². The first-order chi connectivity index (χ1) is 19.7. The minimum atomic E-state index is -1.20. The monoisotopic (exact) mass is 559 g/mol. The molecule has 1 N–H and O–H groups in total. The van der Waals surface area contributed by atoms with Gasteiger partial charge in [0.1, 0.15) is 17.1 Å². The lowest BCUT2D eigenvalue weighted by molar-refractivity contribution is -0.145. The molecule has 4 rings (SSSR count). The first kappa shape index (κ1) is 29.9. The number of aromatic nitrogens is 3. The third kappa shape index (κ3) is 6.32. The molecule has 2 aromatic carbocycles. The molecule has 0 spiro atoms. The Hall–Kier alpha value is -4.07. The van der Waals surface area contributed by atoms with Crippen molar-refractivity contribution in [3.8, 4) is 17.2 Å². The summed E-state index contributed by atoms with van der Waals surface area (Å²) in [5, 5.41) is 10.2. The molecule has 218 valence electrons. The highest BCUT2D eigenvalue weighted by Gasteiger charge is 2.26. The maximum Gasteiger partial charge on any atom is 0.349 e. The number of benzene rings is 2. The van der Waals surface area contributed by atoms with Crippen LogP contribution in [0.25, 0.3) is 11.2 Å². The second-order valence-corrected chi connectivity index (χ2v) is 10.4. The highest BCUT2D eigenvalue weighted by atomic mass is 16.5. The van der Waals surface area contributed by atoms with Gasteiger partial charge in [0.15, 0.2) is 17.1 Å². The quantitative estimate of drug-likeness (QED) is 0.193. The van der Waals surface area contributed by atoms with Crippen LogP contribution in [0.1, 0.15) is 79.1 Å². The summed E-state index contributed by atoms with van der Waals surface area (Å²) in [4.78, 5) is 22.3. The summed E-state index contributed by atoms with van der Waals surface area (Å²) in [5.41, 5.74) is 7.54. The van der Waals surface area contributed by atoms with Gasteiger partial charge in [0.25, 0.3) is 0 Å². The van der Waals surface area contributed by atoms with Crippen LogP contribution in [0.2, 0.25) is 0 Å². The maximum absolute atomic E-state index is 12.5. The van der Waals surface area contributed by atoms with E-state index in [0.29, 0.717) is 29.4 Å². The zero-order valence-electron chi connectivity index (χ0n) is 25.2. The van der Waals surface area contributed by atoms with Gasteiger partial charge in [-0.2, -0.15) is 0 Å². The second-order valence-electron chi connectivity index (χ2n) is 10.4. The normalized spacial score (nSPS) is 12.0. The number of hydrogen-bond donors (Lipinski definition) is 1. The number of nitrogens with zero attached hydrogens (tertiary/aromatic N) is 3. The van der Waals surface area contributed by atoms with E-state index in [9.17, 15) is 9.90 Å². The molecule has 2 aromatic heterocycles. The molecule has 0 amide bonds. The van der Waals surface area contributed by atoms with E-state index >= 15 is 0 Å². The fourth-order valence-electron chi connectivity index (χ4n) is 5.44. The molecule has 0 saturated heterocycles. The molecule has 8 heteroatoms. The molecule has 0 aliphatic carbocycles. The Morgan fingerprint density at radius 1 is 0.927 bits per heavy atom. The number of aliphatic carboxylic acids is 1. The lowest BCUT2D eigenvalue weighted by Crippen LogP contribution is -2.20. The maximum atomic E-state index is 12.5. The van der Waals surface area contributed by atoms with Gasteiger partial charge in [0, 0.05) is 17.7 Å². The minimum Gasteiger partial charge on any atom is -0.493 e. The van der Waals surface area contributed by atoms with Gasteiger partial charge in [-0.1, -0.05) is 51.8 Å². The Labute approximate surface area is 242 Å². The third-order valence-electron chi connectivity index (χ3n) is 7.27. The molecule has 1 atom stereocenters. The average molecular weight is 560 g/mol. The van der Waals surface area contributed by atoms with Crippen LogP contribution in [0.4, 0.5) is 0 Å². The average Bonchev–Trinajstić information content (AvgIpc) is 3.29. The topological polar surface area (TPSA) is 95.7 Å². The number of carboxylic acid groups (broad SMARTS) is 1. The predicted molar refractivity (Wildman–Crippen MR) is 160 cm³/mol. The second kappa shape index (κ2) is 13.1. The number of rotatable bonds is 13. The molecule has 0 bridgehead atoms. The van der Waals surface area contributed by atoms with Crippen molar-refractivity contribution in [3.05, 3.63) is 75.7 Å². The Morgan fingerprint density at radius 3 is 2.15 bits per heavy atom. The summed E-state index contributed by atoms with van der Waals surface area (Å²) in [6.45, 7) is 11.1. The molecule has 0 radical (unpaired) electrons. The van der Waals surface area contributed by atoms with Crippen LogP contribution >= 0.6 is 0 Å². The van der Waals surface area contributed by atoms with Crippen LogP contribution in [0.5, 0.6) is 17.2 Å². The number of carbonyl (C=O) groups is 1. The lowest BCUT2D eigenvalue weighted by Gasteiger charge is -2.23. The van der Waals surface area contributed by atoms with Crippen LogP contribution in [-0.4, -0.2) is 39.8 Å². The fraction of sp³-hybridized carbons (Fsp3) is 0.424. The summed E-state index contributed by atoms with van der Waals surface area (Å²) in [7, 11) is 3.08. The van der Waals surface area contributed by atoms with Crippen molar-refractivity contribution in [2.24, 2.45) is 0 Å². The van der Waals surface area contributed by atoms with E-state index in [1.807, 2.05) is 6.92 Å². The molecule has 0 aliphatic heterocycles. The predicted octanol–water partition coefficient (Wildman–Crippen LogP) is 6.79. The Bertz CT molecular complexity index is 1510. The molecule has 0 saturated carbocycles. The third-order valence-corrected chi connectivity index (χ3v) is 7.27. The van der Waals surface area contributed by atoms with E-state index in [2.05, 4.69) is 50.5 Å². The van der Waals surface area contributed by atoms with Crippen molar-refractivity contribution in [1.82, 2.24) is 14.5 Å². The molecular weight excluding hydrogens is 518 g/mol. The van der Waals surface area contributed by atoms with E-state index in [-0.39, 0.29) is 0 Å². The molecule has 8 nitrogen and oxygen atoms in total. The van der Waals surface area contributed by atoms with Crippen molar-refractivity contribution >= 4 is 17.1 Å². The first-order valence-corrected chi connectivity index (χ1v) is 14.3. The zero-order valence-corrected chi connectivity index (χ0v) is 25.2. The molecular formula is C33H41N3O5. The summed E-state index contributed by atoms with van der Waals surface area (Å²) in [6.07, 6.45) is 2.92. The molecule has 41 heavy (non-hydrogen) atoms. The van der Waals surface area contributed by atoms with Crippen LogP contribution in [-0.2, 0) is 30.6 Å². The van der Waals surface area contributed by atoms with Crippen LogP contribution in [0.3, 0.4) is 0 Å². The van der Waals surface area contributed by atoms with Gasteiger partial charge in [0.05, 0.1) is 20.8 Å². The largest absolute Gasteiger partial charge is 0.493 e. The van der Waals surface area contributed by atoms with Crippen LogP contribution in [0.15, 0.2) is 36.4 Å². The van der Waals surface area contributed by atoms with Crippen LogP contribution < -0.4 is 14.2 Å². The molecule has 4 aromatic rings. The van der Waals surface area contributed by atoms with E-state index in [1.54, 1.807) is 25.3 Å².